The van der Waals surface area contributed by atoms with E-state index in [-0.39, 0.29) is 0 Å². The molecule has 0 fully saturated rings. The first-order chi connectivity index (χ1) is 9.84. The molecule has 0 unspecified atom stereocenters. The first kappa shape index (κ1) is 12.4. The molecule has 4 heteroatoms. The number of nitrogens with zero attached hydrogens (tertiary/aromatic N) is 2. The number of anilines is 1. The molecule has 3 aromatic rings. The van der Waals surface area contributed by atoms with E-state index in [9.17, 15) is 0 Å². The average molecular weight is 265 g/mol. The van der Waals surface area contributed by atoms with Crippen molar-refractivity contribution in [2.75, 3.05) is 12.3 Å². The third-order valence-electron chi connectivity index (χ3n) is 3.19. The van der Waals surface area contributed by atoms with Gasteiger partial charge in [-0.15, -0.1) is 0 Å². The maximum Gasteiger partial charge on any atom is 0.148 e. The molecule has 0 bridgehead atoms. The summed E-state index contributed by atoms with van der Waals surface area (Å²) in [6.45, 7) is 0.559. The Kier molecular flexibility index (Phi) is 3.46. The quantitative estimate of drug-likeness (QED) is 0.737. The van der Waals surface area contributed by atoms with Crippen molar-refractivity contribution in [3.05, 3.63) is 60.3 Å². The zero-order chi connectivity index (χ0) is 13.8. The molecule has 0 aliphatic carbocycles. The lowest BCUT2D eigenvalue weighted by Crippen LogP contribution is -2.04. The van der Waals surface area contributed by atoms with E-state index < -0.39 is 0 Å². The Morgan fingerprint density at radius 3 is 2.70 bits per heavy atom. The molecule has 1 heterocycles. The van der Waals surface area contributed by atoms with E-state index in [0.717, 1.165) is 34.3 Å². The first-order valence-corrected chi connectivity index (χ1v) is 6.51. The molecule has 4 nitrogen and oxygen atoms in total. The van der Waals surface area contributed by atoms with Crippen LogP contribution in [-0.4, -0.2) is 16.8 Å². The third kappa shape index (κ3) is 2.54. The van der Waals surface area contributed by atoms with Gasteiger partial charge in [0.15, 0.2) is 0 Å². The minimum absolute atomic E-state index is 0.559. The second kappa shape index (κ2) is 5.57. The van der Waals surface area contributed by atoms with Crippen LogP contribution in [0.25, 0.3) is 10.9 Å². The monoisotopic (exact) mass is 265 g/mol. The van der Waals surface area contributed by atoms with Crippen molar-refractivity contribution in [1.82, 2.24) is 10.2 Å². The molecule has 0 atom stereocenters. The van der Waals surface area contributed by atoms with Crippen molar-refractivity contribution >= 4 is 16.6 Å². The molecule has 0 amide bonds. The summed E-state index contributed by atoms with van der Waals surface area (Å²) in [6.07, 6.45) is 2.42. The highest BCUT2D eigenvalue weighted by Crippen LogP contribution is 2.22. The lowest BCUT2D eigenvalue weighted by molar-refractivity contribution is 0.324. The van der Waals surface area contributed by atoms with Gasteiger partial charge < -0.3 is 10.5 Å². The summed E-state index contributed by atoms with van der Waals surface area (Å²) in [6, 6.07) is 15.6. The molecule has 0 radical (unpaired) electrons. The molecule has 3 rings (SSSR count). The van der Waals surface area contributed by atoms with Crippen molar-refractivity contribution in [1.29, 1.82) is 0 Å². The highest BCUT2D eigenvalue weighted by molar-refractivity contribution is 5.83. The predicted octanol–water partition coefficient (Wildman–Crippen LogP) is 2.83. The molecule has 2 aromatic carbocycles. The van der Waals surface area contributed by atoms with Gasteiger partial charge in [0.05, 0.1) is 18.3 Å². The van der Waals surface area contributed by atoms with Crippen LogP contribution in [0.15, 0.2) is 54.7 Å². The van der Waals surface area contributed by atoms with Crippen molar-refractivity contribution in [3.63, 3.8) is 0 Å². The van der Waals surface area contributed by atoms with Gasteiger partial charge in [0.25, 0.3) is 0 Å². The maximum atomic E-state index is 5.91. The van der Waals surface area contributed by atoms with Crippen molar-refractivity contribution in [2.24, 2.45) is 0 Å². The number of ether oxygens (including phenoxy) is 1. The van der Waals surface area contributed by atoms with Gasteiger partial charge in [-0.3, -0.25) is 0 Å². The van der Waals surface area contributed by atoms with E-state index in [4.69, 9.17) is 10.5 Å². The standard InChI is InChI=1S/C16H15N3O/c17-14-7-3-1-5-12(14)9-10-20-16-11-18-19-15-8-4-2-6-13(15)16/h1-8,11H,9-10,17H2. The van der Waals surface area contributed by atoms with Gasteiger partial charge >= 0.3 is 0 Å². The molecule has 100 valence electrons. The fourth-order valence-electron chi connectivity index (χ4n) is 2.13. The van der Waals surface area contributed by atoms with Crippen LogP contribution in [0.4, 0.5) is 5.69 Å². The summed E-state index contributed by atoms with van der Waals surface area (Å²) < 4.78 is 5.82. The number of para-hydroxylation sites is 1. The fourth-order valence-corrected chi connectivity index (χ4v) is 2.13. The number of aromatic nitrogens is 2. The van der Waals surface area contributed by atoms with Gasteiger partial charge in [-0.25, -0.2) is 0 Å². The largest absolute Gasteiger partial charge is 0.491 e. The second-order valence-corrected chi connectivity index (χ2v) is 4.52. The third-order valence-corrected chi connectivity index (χ3v) is 3.19. The summed E-state index contributed by atoms with van der Waals surface area (Å²) in [5.41, 5.74) is 8.65. The smallest absolute Gasteiger partial charge is 0.148 e. The molecule has 0 aliphatic rings. The van der Waals surface area contributed by atoms with Crippen LogP contribution in [0, 0.1) is 0 Å². The Labute approximate surface area is 117 Å². The lowest BCUT2D eigenvalue weighted by Gasteiger charge is -2.09. The number of hydrogen-bond acceptors (Lipinski definition) is 4. The lowest BCUT2D eigenvalue weighted by atomic mass is 10.1. The number of benzene rings is 2. The highest BCUT2D eigenvalue weighted by atomic mass is 16.5. The van der Waals surface area contributed by atoms with Gasteiger partial charge in [-0.1, -0.05) is 30.3 Å². The van der Waals surface area contributed by atoms with Gasteiger partial charge in [-0.2, -0.15) is 10.2 Å². The molecule has 20 heavy (non-hydrogen) atoms. The first-order valence-electron chi connectivity index (χ1n) is 6.51. The molecule has 0 saturated heterocycles. The molecule has 2 N–H and O–H groups in total. The van der Waals surface area contributed by atoms with Crippen LogP contribution in [0.1, 0.15) is 5.56 Å². The van der Waals surface area contributed by atoms with Crippen molar-refractivity contribution in [2.45, 2.75) is 6.42 Å². The number of nitrogens with two attached hydrogens (primary N) is 1. The topological polar surface area (TPSA) is 61.0 Å². The van der Waals surface area contributed by atoms with E-state index >= 15 is 0 Å². The van der Waals surface area contributed by atoms with Gasteiger partial charge in [0.2, 0.25) is 0 Å². The van der Waals surface area contributed by atoms with Gasteiger partial charge in [0, 0.05) is 17.5 Å². The van der Waals surface area contributed by atoms with E-state index in [1.165, 1.54) is 0 Å². The molecule has 0 aliphatic heterocycles. The van der Waals surface area contributed by atoms with Crippen molar-refractivity contribution in [3.8, 4) is 5.75 Å². The van der Waals surface area contributed by atoms with E-state index in [1.807, 2.05) is 48.5 Å². The average Bonchev–Trinajstić information content (AvgIpc) is 2.49. The van der Waals surface area contributed by atoms with Crippen molar-refractivity contribution < 1.29 is 4.74 Å². The predicted molar refractivity (Wildman–Crippen MR) is 79.6 cm³/mol. The van der Waals surface area contributed by atoms with Crippen LogP contribution >= 0.6 is 0 Å². The SMILES string of the molecule is Nc1ccccc1CCOc1cnnc2ccccc12. The van der Waals surface area contributed by atoms with Gasteiger partial charge in [-0.05, 0) is 23.8 Å². The summed E-state index contributed by atoms with van der Waals surface area (Å²) >= 11 is 0. The minimum Gasteiger partial charge on any atom is -0.491 e. The summed E-state index contributed by atoms with van der Waals surface area (Å²) in [7, 11) is 0. The molecular formula is C16H15N3O. The van der Waals surface area contributed by atoms with Crippen LogP contribution in [-0.2, 0) is 6.42 Å². The Bertz CT molecular complexity index is 722. The Hall–Kier alpha value is -2.62. The number of rotatable bonds is 4. The van der Waals surface area contributed by atoms with Crippen LogP contribution in [0.2, 0.25) is 0 Å². The number of nitrogen functional groups attached to an aromatic ring is 1. The van der Waals surface area contributed by atoms with Gasteiger partial charge in [0.1, 0.15) is 5.75 Å². The van der Waals surface area contributed by atoms with E-state index in [1.54, 1.807) is 6.20 Å². The Morgan fingerprint density at radius 2 is 1.80 bits per heavy atom. The molecular weight excluding hydrogens is 250 g/mol. The number of fused-ring (bicyclic) bond motifs is 1. The zero-order valence-electron chi connectivity index (χ0n) is 11.0. The Morgan fingerprint density at radius 1 is 1.00 bits per heavy atom. The summed E-state index contributed by atoms with van der Waals surface area (Å²) in [5.74, 6) is 0.755. The molecule has 0 spiro atoms. The van der Waals surface area contributed by atoms with Crippen LogP contribution in [0.3, 0.4) is 0 Å². The Balaban J connectivity index is 1.73. The highest BCUT2D eigenvalue weighted by Gasteiger charge is 2.04. The second-order valence-electron chi connectivity index (χ2n) is 4.52. The van der Waals surface area contributed by atoms with E-state index in [2.05, 4.69) is 10.2 Å². The fraction of sp³-hybridized carbons (Fsp3) is 0.125. The van der Waals surface area contributed by atoms with Crippen LogP contribution < -0.4 is 10.5 Å². The zero-order valence-corrected chi connectivity index (χ0v) is 11.0. The normalized spacial score (nSPS) is 10.6. The number of hydrogen-bond donors (Lipinski definition) is 1. The van der Waals surface area contributed by atoms with E-state index in [0.29, 0.717) is 6.61 Å². The maximum absolute atomic E-state index is 5.91. The van der Waals surface area contributed by atoms with Crippen LogP contribution in [0.5, 0.6) is 5.75 Å². The molecule has 1 aromatic heterocycles. The summed E-state index contributed by atoms with van der Waals surface area (Å²) in [4.78, 5) is 0. The summed E-state index contributed by atoms with van der Waals surface area (Å²) in [5, 5.41) is 9.00. The molecule has 0 saturated carbocycles. The minimum atomic E-state index is 0.559.